The zero-order chi connectivity index (χ0) is 16.2. The normalized spacial score (nSPS) is 18.0. The van der Waals surface area contributed by atoms with E-state index in [1.54, 1.807) is 36.1 Å². The van der Waals surface area contributed by atoms with Crippen LogP contribution < -0.4 is 4.74 Å². The molecule has 6 heteroatoms. The fourth-order valence-electron chi connectivity index (χ4n) is 2.88. The van der Waals surface area contributed by atoms with Crippen molar-refractivity contribution in [1.82, 2.24) is 14.7 Å². The van der Waals surface area contributed by atoms with E-state index in [4.69, 9.17) is 4.74 Å². The number of hydrogen-bond donors (Lipinski definition) is 0. The maximum atomic E-state index is 12.9. The van der Waals surface area contributed by atoms with Gasteiger partial charge in [0.1, 0.15) is 17.3 Å². The minimum Gasteiger partial charge on any atom is -0.493 e. The van der Waals surface area contributed by atoms with Crippen LogP contribution in [0.15, 0.2) is 36.5 Å². The Morgan fingerprint density at radius 1 is 1.35 bits per heavy atom. The Hall–Kier alpha value is -2.37. The van der Waals surface area contributed by atoms with Crippen molar-refractivity contribution in [1.29, 1.82) is 0 Å². The second-order valence-electron chi connectivity index (χ2n) is 5.86. The molecule has 1 atom stereocenters. The molecule has 1 aliphatic heterocycles. The molecular formula is C17H20FN3O2. The lowest BCUT2D eigenvalue weighted by Crippen LogP contribution is -2.42. The summed E-state index contributed by atoms with van der Waals surface area (Å²) in [5.41, 5.74) is 0.602. The number of piperidine rings is 1. The molecule has 0 spiro atoms. The fraction of sp³-hybridized carbons (Fsp3) is 0.412. The van der Waals surface area contributed by atoms with Crippen LogP contribution in [0, 0.1) is 11.7 Å². The number of halogens is 1. The first-order valence-electron chi connectivity index (χ1n) is 7.79. The highest BCUT2D eigenvalue weighted by molar-refractivity contribution is 5.92. The summed E-state index contributed by atoms with van der Waals surface area (Å²) in [6, 6.07) is 7.75. The molecule has 3 rings (SSSR count). The van der Waals surface area contributed by atoms with E-state index in [1.807, 2.05) is 4.90 Å². The Balaban J connectivity index is 1.57. The highest BCUT2D eigenvalue weighted by atomic mass is 19.1. The van der Waals surface area contributed by atoms with Crippen LogP contribution >= 0.6 is 0 Å². The summed E-state index contributed by atoms with van der Waals surface area (Å²) in [7, 11) is 1.77. The summed E-state index contributed by atoms with van der Waals surface area (Å²) < 4.78 is 20.2. The van der Waals surface area contributed by atoms with Gasteiger partial charge in [0.05, 0.1) is 6.61 Å². The van der Waals surface area contributed by atoms with Gasteiger partial charge in [-0.3, -0.25) is 9.48 Å². The van der Waals surface area contributed by atoms with Gasteiger partial charge < -0.3 is 9.64 Å². The van der Waals surface area contributed by atoms with Gasteiger partial charge in [-0.25, -0.2) is 4.39 Å². The minimum atomic E-state index is -0.275. The van der Waals surface area contributed by atoms with Gasteiger partial charge in [-0.1, -0.05) is 0 Å². The molecule has 2 aromatic rings. The molecule has 122 valence electrons. The van der Waals surface area contributed by atoms with E-state index >= 15 is 0 Å². The third kappa shape index (κ3) is 3.70. The number of aromatic nitrogens is 2. The lowest BCUT2D eigenvalue weighted by molar-refractivity contribution is 0.0622. The molecule has 1 amide bonds. The molecule has 0 N–H and O–H groups in total. The average Bonchev–Trinajstić information content (AvgIpc) is 3.00. The predicted octanol–water partition coefficient (Wildman–Crippen LogP) is 2.49. The first-order valence-corrected chi connectivity index (χ1v) is 7.79. The van der Waals surface area contributed by atoms with E-state index in [0.717, 1.165) is 19.4 Å². The largest absolute Gasteiger partial charge is 0.493 e. The van der Waals surface area contributed by atoms with Gasteiger partial charge in [-0.15, -0.1) is 0 Å². The Kier molecular flexibility index (Phi) is 4.60. The maximum Gasteiger partial charge on any atom is 0.272 e. The molecule has 0 aliphatic carbocycles. The monoisotopic (exact) mass is 317 g/mol. The van der Waals surface area contributed by atoms with Gasteiger partial charge in [-0.05, 0) is 43.2 Å². The Morgan fingerprint density at radius 2 is 2.13 bits per heavy atom. The second kappa shape index (κ2) is 6.81. The van der Waals surface area contributed by atoms with E-state index in [-0.39, 0.29) is 17.6 Å². The number of amides is 1. The maximum absolute atomic E-state index is 12.9. The summed E-state index contributed by atoms with van der Waals surface area (Å²) >= 11 is 0. The summed E-state index contributed by atoms with van der Waals surface area (Å²) in [4.78, 5) is 14.4. The molecule has 0 saturated carbocycles. The Labute approximate surface area is 134 Å². The van der Waals surface area contributed by atoms with Crippen molar-refractivity contribution in [3.63, 3.8) is 0 Å². The van der Waals surface area contributed by atoms with Gasteiger partial charge in [0, 0.05) is 32.3 Å². The molecule has 5 nitrogen and oxygen atoms in total. The second-order valence-corrected chi connectivity index (χ2v) is 5.86. The molecule has 1 saturated heterocycles. The van der Waals surface area contributed by atoms with Gasteiger partial charge in [0.15, 0.2) is 0 Å². The zero-order valence-corrected chi connectivity index (χ0v) is 13.1. The molecule has 1 aliphatic rings. The lowest BCUT2D eigenvalue weighted by atomic mass is 9.98. The summed E-state index contributed by atoms with van der Waals surface area (Å²) in [5, 5.41) is 4.05. The lowest BCUT2D eigenvalue weighted by Gasteiger charge is -2.32. The summed E-state index contributed by atoms with van der Waals surface area (Å²) in [6.45, 7) is 1.96. The molecule has 0 radical (unpaired) electrons. The van der Waals surface area contributed by atoms with Crippen LogP contribution in [0.1, 0.15) is 23.3 Å². The van der Waals surface area contributed by atoms with Gasteiger partial charge >= 0.3 is 0 Å². The van der Waals surface area contributed by atoms with E-state index in [1.165, 1.54) is 12.1 Å². The average molecular weight is 317 g/mol. The van der Waals surface area contributed by atoms with Crippen molar-refractivity contribution in [3.8, 4) is 5.75 Å². The van der Waals surface area contributed by atoms with E-state index < -0.39 is 0 Å². The number of benzene rings is 1. The highest BCUT2D eigenvalue weighted by Gasteiger charge is 2.26. The molecular weight excluding hydrogens is 297 g/mol. The number of aryl methyl sites for hydroxylation is 1. The molecule has 2 heterocycles. The van der Waals surface area contributed by atoms with Gasteiger partial charge in [0.2, 0.25) is 0 Å². The number of rotatable bonds is 4. The summed E-state index contributed by atoms with van der Waals surface area (Å²) in [5.74, 6) is 0.673. The molecule has 0 unspecified atom stereocenters. The fourth-order valence-corrected chi connectivity index (χ4v) is 2.88. The zero-order valence-electron chi connectivity index (χ0n) is 13.1. The topological polar surface area (TPSA) is 47.4 Å². The Morgan fingerprint density at radius 3 is 2.83 bits per heavy atom. The van der Waals surface area contributed by atoms with Crippen LogP contribution in [0.5, 0.6) is 5.75 Å². The number of hydrogen-bond acceptors (Lipinski definition) is 3. The molecule has 1 aromatic heterocycles. The van der Waals surface area contributed by atoms with Crippen molar-refractivity contribution >= 4 is 5.91 Å². The predicted molar refractivity (Wildman–Crippen MR) is 83.7 cm³/mol. The number of likely N-dealkylation sites (tertiary alicyclic amines) is 1. The standard InChI is InChI=1S/C17H20FN3O2/c1-20-16(8-9-19-20)17(22)21-10-2-3-13(11-21)12-23-15-6-4-14(18)5-7-15/h4-9,13H,2-3,10-12H2,1H3/t13-/m0/s1. The van der Waals surface area contributed by atoms with Crippen molar-refractivity contribution < 1.29 is 13.9 Å². The van der Waals surface area contributed by atoms with Crippen LogP contribution in [-0.2, 0) is 7.05 Å². The van der Waals surface area contributed by atoms with Crippen molar-refractivity contribution in [2.75, 3.05) is 19.7 Å². The van der Waals surface area contributed by atoms with Gasteiger partial charge in [-0.2, -0.15) is 5.10 Å². The summed E-state index contributed by atoms with van der Waals surface area (Å²) in [6.07, 6.45) is 3.61. The van der Waals surface area contributed by atoms with Crippen LogP contribution in [0.4, 0.5) is 4.39 Å². The molecule has 0 bridgehead atoms. The number of ether oxygens (including phenoxy) is 1. The van der Waals surface area contributed by atoms with Crippen molar-refractivity contribution in [3.05, 3.63) is 48.0 Å². The minimum absolute atomic E-state index is 0.0106. The van der Waals surface area contributed by atoms with E-state index in [2.05, 4.69) is 5.10 Å². The molecule has 23 heavy (non-hydrogen) atoms. The van der Waals surface area contributed by atoms with Crippen LogP contribution in [-0.4, -0.2) is 40.3 Å². The SMILES string of the molecule is Cn1nccc1C(=O)N1CCC[C@H](COc2ccc(F)cc2)C1. The van der Waals surface area contributed by atoms with Gasteiger partial charge in [0.25, 0.3) is 5.91 Å². The molecule has 1 aromatic carbocycles. The molecule has 1 fully saturated rings. The van der Waals surface area contributed by atoms with Crippen molar-refractivity contribution in [2.24, 2.45) is 13.0 Å². The number of carbonyl (C=O) groups excluding carboxylic acids is 1. The highest BCUT2D eigenvalue weighted by Crippen LogP contribution is 2.20. The van der Waals surface area contributed by atoms with Crippen LogP contribution in [0.25, 0.3) is 0 Å². The smallest absolute Gasteiger partial charge is 0.272 e. The van der Waals surface area contributed by atoms with Crippen LogP contribution in [0.3, 0.4) is 0 Å². The Bertz CT molecular complexity index is 669. The third-order valence-electron chi connectivity index (χ3n) is 4.15. The first-order chi connectivity index (χ1) is 11.1. The number of carbonyl (C=O) groups is 1. The first kappa shape index (κ1) is 15.5. The van der Waals surface area contributed by atoms with E-state index in [0.29, 0.717) is 24.6 Å². The quantitative estimate of drug-likeness (QED) is 0.870. The third-order valence-corrected chi connectivity index (χ3v) is 4.15. The van der Waals surface area contributed by atoms with Crippen molar-refractivity contribution in [2.45, 2.75) is 12.8 Å². The van der Waals surface area contributed by atoms with Crippen LogP contribution in [0.2, 0.25) is 0 Å². The number of nitrogens with zero attached hydrogens (tertiary/aromatic N) is 3. The van der Waals surface area contributed by atoms with E-state index in [9.17, 15) is 9.18 Å².